The highest BCUT2D eigenvalue weighted by Gasteiger charge is 2.00. The molecule has 17 heavy (non-hydrogen) atoms. The van der Waals surface area contributed by atoms with E-state index in [4.69, 9.17) is 17.3 Å². The summed E-state index contributed by atoms with van der Waals surface area (Å²) in [5, 5.41) is 0.558. The van der Waals surface area contributed by atoms with Crippen molar-refractivity contribution in [3.05, 3.63) is 57.2 Å². The first kappa shape index (κ1) is 11.7. The number of benzene rings is 1. The maximum absolute atomic E-state index is 11.1. The SMILES string of the molecule is Nc1cc(CCc2cc(=O)[nH]cn2)ccc1Cl. The number of hydrogen-bond acceptors (Lipinski definition) is 3. The Kier molecular flexibility index (Phi) is 3.44. The fourth-order valence-corrected chi connectivity index (χ4v) is 1.68. The van der Waals surface area contributed by atoms with Gasteiger partial charge in [0.2, 0.25) is 0 Å². The average molecular weight is 250 g/mol. The van der Waals surface area contributed by atoms with Crippen LogP contribution in [-0.4, -0.2) is 9.97 Å². The molecule has 0 bridgehead atoms. The van der Waals surface area contributed by atoms with Gasteiger partial charge in [0.1, 0.15) is 0 Å². The van der Waals surface area contributed by atoms with Crippen LogP contribution in [-0.2, 0) is 12.8 Å². The predicted octanol–water partition coefficient (Wildman–Crippen LogP) is 1.79. The van der Waals surface area contributed by atoms with E-state index in [1.165, 1.54) is 12.4 Å². The van der Waals surface area contributed by atoms with Gasteiger partial charge in [0, 0.05) is 11.8 Å². The molecule has 1 heterocycles. The third-order valence-corrected chi connectivity index (χ3v) is 2.81. The molecule has 0 radical (unpaired) electrons. The predicted molar refractivity (Wildman–Crippen MR) is 68.1 cm³/mol. The van der Waals surface area contributed by atoms with Crippen molar-refractivity contribution in [3.8, 4) is 0 Å². The van der Waals surface area contributed by atoms with E-state index >= 15 is 0 Å². The molecule has 0 aliphatic heterocycles. The average Bonchev–Trinajstić information content (AvgIpc) is 2.31. The molecule has 0 unspecified atom stereocenters. The zero-order valence-corrected chi connectivity index (χ0v) is 9.87. The monoisotopic (exact) mass is 249 g/mol. The van der Waals surface area contributed by atoms with Gasteiger partial charge < -0.3 is 10.7 Å². The molecule has 0 spiro atoms. The van der Waals surface area contributed by atoms with Crippen molar-refractivity contribution in [1.82, 2.24) is 9.97 Å². The first-order valence-electron chi connectivity index (χ1n) is 5.22. The lowest BCUT2D eigenvalue weighted by Gasteiger charge is -2.03. The topological polar surface area (TPSA) is 71.8 Å². The molecule has 0 aliphatic carbocycles. The lowest BCUT2D eigenvalue weighted by atomic mass is 10.1. The number of aromatic nitrogens is 2. The Labute approximate surface area is 103 Å². The normalized spacial score (nSPS) is 10.4. The second kappa shape index (κ2) is 5.01. The second-order valence-electron chi connectivity index (χ2n) is 3.76. The summed E-state index contributed by atoms with van der Waals surface area (Å²) in [6, 6.07) is 7.04. The molecule has 0 saturated heterocycles. The number of nitrogens with two attached hydrogens (primary N) is 1. The number of aryl methyl sites for hydroxylation is 2. The van der Waals surface area contributed by atoms with Crippen LogP contribution in [0.2, 0.25) is 5.02 Å². The number of nitrogen functional groups attached to an aromatic ring is 1. The van der Waals surface area contributed by atoms with E-state index < -0.39 is 0 Å². The summed E-state index contributed by atoms with van der Waals surface area (Å²) in [7, 11) is 0. The van der Waals surface area contributed by atoms with Crippen LogP contribution >= 0.6 is 11.6 Å². The standard InChI is InChI=1S/C12H12ClN3O/c13-10-4-2-8(5-11(10)14)1-3-9-6-12(17)16-7-15-9/h2,4-7H,1,3,14H2,(H,15,16,17). The molecular formula is C12H12ClN3O. The van der Waals surface area contributed by atoms with Gasteiger partial charge in [0.05, 0.1) is 17.0 Å². The summed E-state index contributed by atoms with van der Waals surface area (Å²) in [6.45, 7) is 0. The van der Waals surface area contributed by atoms with Gasteiger partial charge in [-0.15, -0.1) is 0 Å². The van der Waals surface area contributed by atoms with Crippen LogP contribution in [0.4, 0.5) is 5.69 Å². The third-order valence-electron chi connectivity index (χ3n) is 2.47. The van der Waals surface area contributed by atoms with Crippen LogP contribution in [0.5, 0.6) is 0 Å². The van der Waals surface area contributed by atoms with Crippen molar-refractivity contribution in [2.75, 3.05) is 5.73 Å². The van der Waals surface area contributed by atoms with Gasteiger partial charge in [-0.3, -0.25) is 4.79 Å². The molecule has 0 atom stereocenters. The number of H-pyrrole nitrogens is 1. The molecule has 0 aliphatic rings. The van der Waals surface area contributed by atoms with Crippen molar-refractivity contribution >= 4 is 17.3 Å². The van der Waals surface area contributed by atoms with E-state index in [-0.39, 0.29) is 5.56 Å². The lowest BCUT2D eigenvalue weighted by Crippen LogP contribution is -2.07. The minimum Gasteiger partial charge on any atom is -0.398 e. The Morgan fingerprint density at radius 1 is 1.29 bits per heavy atom. The maximum Gasteiger partial charge on any atom is 0.250 e. The Bertz CT molecular complexity index is 580. The van der Waals surface area contributed by atoms with Gasteiger partial charge in [0.15, 0.2) is 0 Å². The van der Waals surface area contributed by atoms with Crippen LogP contribution in [0.3, 0.4) is 0 Å². The van der Waals surface area contributed by atoms with Crippen molar-refractivity contribution < 1.29 is 0 Å². The molecule has 88 valence electrons. The van der Waals surface area contributed by atoms with Crippen LogP contribution < -0.4 is 11.3 Å². The highest BCUT2D eigenvalue weighted by molar-refractivity contribution is 6.33. The number of nitrogens with one attached hydrogen (secondary N) is 1. The smallest absolute Gasteiger partial charge is 0.250 e. The third kappa shape index (κ3) is 3.07. The van der Waals surface area contributed by atoms with Gasteiger partial charge in [-0.2, -0.15) is 0 Å². The van der Waals surface area contributed by atoms with Crippen molar-refractivity contribution in [3.63, 3.8) is 0 Å². The Balaban J connectivity index is 2.07. The number of hydrogen-bond donors (Lipinski definition) is 2. The Morgan fingerprint density at radius 3 is 2.82 bits per heavy atom. The fourth-order valence-electron chi connectivity index (χ4n) is 1.57. The van der Waals surface area contributed by atoms with Crippen molar-refractivity contribution in [1.29, 1.82) is 0 Å². The van der Waals surface area contributed by atoms with Gasteiger partial charge >= 0.3 is 0 Å². The summed E-state index contributed by atoms with van der Waals surface area (Å²) < 4.78 is 0. The molecule has 0 amide bonds. The molecule has 5 heteroatoms. The Morgan fingerprint density at radius 2 is 2.12 bits per heavy atom. The number of anilines is 1. The van der Waals surface area contributed by atoms with E-state index in [0.717, 1.165) is 17.7 Å². The first-order valence-corrected chi connectivity index (χ1v) is 5.60. The van der Waals surface area contributed by atoms with Crippen LogP contribution in [0.1, 0.15) is 11.3 Å². The number of nitrogens with zero attached hydrogens (tertiary/aromatic N) is 1. The molecule has 2 aromatic rings. The van der Waals surface area contributed by atoms with E-state index in [9.17, 15) is 4.79 Å². The number of aromatic amines is 1. The highest BCUT2D eigenvalue weighted by Crippen LogP contribution is 2.20. The van der Waals surface area contributed by atoms with Crippen molar-refractivity contribution in [2.24, 2.45) is 0 Å². The van der Waals surface area contributed by atoms with E-state index in [0.29, 0.717) is 17.1 Å². The van der Waals surface area contributed by atoms with Crippen molar-refractivity contribution in [2.45, 2.75) is 12.8 Å². The molecule has 3 N–H and O–H groups in total. The van der Waals surface area contributed by atoms with Gasteiger partial charge in [0.25, 0.3) is 5.56 Å². The van der Waals surface area contributed by atoms with Crippen LogP contribution in [0.15, 0.2) is 35.4 Å². The minimum absolute atomic E-state index is 0.134. The zero-order chi connectivity index (χ0) is 12.3. The summed E-state index contributed by atoms with van der Waals surface area (Å²) >= 11 is 5.84. The van der Waals surface area contributed by atoms with E-state index in [1.54, 1.807) is 6.07 Å². The molecule has 1 aromatic heterocycles. The van der Waals surface area contributed by atoms with Gasteiger partial charge in [-0.05, 0) is 30.5 Å². The number of rotatable bonds is 3. The lowest BCUT2D eigenvalue weighted by molar-refractivity contribution is 0.893. The molecule has 0 fully saturated rings. The largest absolute Gasteiger partial charge is 0.398 e. The van der Waals surface area contributed by atoms with Crippen LogP contribution in [0.25, 0.3) is 0 Å². The second-order valence-corrected chi connectivity index (χ2v) is 4.17. The quantitative estimate of drug-likeness (QED) is 0.815. The van der Waals surface area contributed by atoms with Gasteiger partial charge in [-0.25, -0.2) is 4.98 Å². The summed E-state index contributed by atoms with van der Waals surface area (Å²) in [5.41, 5.74) is 7.99. The van der Waals surface area contributed by atoms with E-state index in [1.807, 2.05) is 12.1 Å². The van der Waals surface area contributed by atoms with E-state index in [2.05, 4.69) is 9.97 Å². The molecule has 2 rings (SSSR count). The van der Waals surface area contributed by atoms with Crippen LogP contribution in [0, 0.1) is 0 Å². The zero-order valence-electron chi connectivity index (χ0n) is 9.11. The Hall–Kier alpha value is -1.81. The summed E-state index contributed by atoms with van der Waals surface area (Å²) in [6.07, 6.45) is 2.89. The minimum atomic E-state index is -0.134. The highest BCUT2D eigenvalue weighted by atomic mass is 35.5. The van der Waals surface area contributed by atoms with Gasteiger partial charge in [-0.1, -0.05) is 17.7 Å². The maximum atomic E-state index is 11.1. The fraction of sp³-hybridized carbons (Fsp3) is 0.167. The molecule has 4 nitrogen and oxygen atoms in total. The molecule has 0 saturated carbocycles. The molecule has 1 aromatic carbocycles. The first-order chi connectivity index (χ1) is 8.15. The molecular weight excluding hydrogens is 238 g/mol. The number of halogens is 1. The summed E-state index contributed by atoms with van der Waals surface area (Å²) in [5.74, 6) is 0. The summed E-state index contributed by atoms with van der Waals surface area (Å²) in [4.78, 5) is 17.6.